The summed E-state index contributed by atoms with van der Waals surface area (Å²) < 4.78 is 41.0. The third kappa shape index (κ3) is 5.90. The predicted molar refractivity (Wildman–Crippen MR) is 116 cm³/mol. The number of carbonyl (C=O) groups is 1. The highest BCUT2D eigenvalue weighted by Gasteiger charge is 2.30. The van der Waals surface area contributed by atoms with E-state index in [1.54, 1.807) is 4.90 Å². The first-order chi connectivity index (χ1) is 14.6. The lowest BCUT2D eigenvalue weighted by Crippen LogP contribution is -2.40. The lowest BCUT2D eigenvalue weighted by Gasteiger charge is -2.28. The Morgan fingerprint density at radius 3 is 2.42 bits per heavy atom. The maximum atomic E-state index is 13.0. The topological polar surface area (TPSA) is 37.3 Å². The van der Waals surface area contributed by atoms with Crippen molar-refractivity contribution in [1.82, 2.24) is 9.47 Å². The van der Waals surface area contributed by atoms with Crippen LogP contribution in [0.5, 0.6) is 0 Å². The first-order valence-corrected chi connectivity index (χ1v) is 10.1. The molecule has 7 heteroatoms. The van der Waals surface area contributed by atoms with Crippen LogP contribution < -0.4 is 5.32 Å². The van der Waals surface area contributed by atoms with Crippen LogP contribution in [0.1, 0.15) is 36.2 Å². The van der Waals surface area contributed by atoms with E-state index >= 15 is 0 Å². The summed E-state index contributed by atoms with van der Waals surface area (Å²) in [4.78, 5) is 14.5. The van der Waals surface area contributed by atoms with Crippen molar-refractivity contribution < 1.29 is 18.0 Å². The standard InChI is InChI=1S/C24H26F3N3O/c1-17(2)30(23(31)28-21-7-4-6-20(14-21)24(25,26)27)16-22-8-5-13-29(22)15-19-11-9-18(3)10-12-19/h4-14,17H,15-16H2,1-3H3,(H,28,31). The number of hydrogen-bond acceptors (Lipinski definition) is 1. The van der Waals surface area contributed by atoms with Crippen molar-refractivity contribution in [3.8, 4) is 0 Å². The highest BCUT2D eigenvalue weighted by molar-refractivity contribution is 5.89. The van der Waals surface area contributed by atoms with Crippen molar-refractivity contribution in [2.24, 2.45) is 0 Å². The van der Waals surface area contributed by atoms with E-state index in [4.69, 9.17) is 0 Å². The van der Waals surface area contributed by atoms with Crippen LogP contribution >= 0.6 is 0 Å². The maximum Gasteiger partial charge on any atom is 0.416 e. The van der Waals surface area contributed by atoms with Crippen molar-refractivity contribution in [3.63, 3.8) is 0 Å². The van der Waals surface area contributed by atoms with Gasteiger partial charge in [-0.3, -0.25) is 0 Å². The zero-order chi connectivity index (χ0) is 22.6. The largest absolute Gasteiger partial charge is 0.416 e. The lowest BCUT2D eigenvalue weighted by molar-refractivity contribution is -0.137. The Hall–Kier alpha value is -3.22. The molecule has 0 bridgehead atoms. The fraction of sp³-hybridized carbons (Fsp3) is 0.292. The number of alkyl halides is 3. The summed E-state index contributed by atoms with van der Waals surface area (Å²) in [6, 6.07) is 16.2. The molecule has 3 aromatic rings. The van der Waals surface area contributed by atoms with Crippen molar-refractivity contribution in [2.75, 3.05) is 5.32 Å². The molecule has 1 N–H and O–H groups in total. The van der Waals surface area contributed by atoms with E-state index in [0.29, 0.717) is 13.1 Å². The quantitative estimate of drug-likeness (QED) is 0.490. The van der Waals surface area contributed by atoms with Gasteiger partial charge in [0, 0.05) is 30.2 Å². The summed E-state index contributed by atoms with van der Waals surface area (Å²) in [7, 11) is 0. The molecule has 4 nitrogen and oxygen atoms in total. The Morgan fingerprint density at radius 2 is 1.77 bits per heavy atom. The lowest BCUT2D eigenvalue weighted by atomic mass is 10.1. The Bertz CT molecular complexity index is 1020. The Balaban J connectivity index is 1.74. The molecule has 0 aliphatic rings. The molecule has 0 radical (unpaired) electrons. The number of carbonyl (C=O) groups excluding carboxylic acids is 1. The summed E-state index contributed by atoms with van der Waals surface area (Å²) in [5, 5.41) is 2.60. The summed E-state index contributed by atoms with van der Waals surface area (Å²) in [6.07, 6.45) is -2.51. The number of aromatic nitrogens is 1. The van der Waals surface area contributed by atoms with Crippen molar-refractivity contribution in [2.45, 2.75) is 46.1 Å². The SMILES string of the molecule is Cc1ccc(Cn2cccc2CN(C(=O)Nc2cccc(C(F)(F)F)c2)C(C)C)cc1. The summed E-state index contributed by atoms with van der Waals surface area (Å²) in [5.74, 6) is 0. The zero-order valence-electron chi connectivity index (χ0n) is 17.8. The number of amides is 2. The number of halogens is 3. The molecule has 0 unspecified atom stereocenters. The molecule has 0 saturated carbocycles. The average molecular weight is 429 g/mol. The molecule has 0 fully saturated rings. The molecule has 0 aliphatic heterocycles. The molecule has 164 valence electrons. The highest BCUT2D eigenvalue weighted by atomic mass is 19.4. The maximum absolute atomic E-state index is 13.0. The first-order valence-electron chi connectivity index (χ1n) is 10.1. The number of benzene rings is 2. The number of hydrogen-bond donors (Lipinski definition) is 1. The van der Waals surface area contributed by atoms with E-state index in [-0.39, 0.29) is 11.7 Å². The molecule has 2 aromatic carbocycles. The molecule has 0 aliphatic carbocycles. The number of anilines is 1. The molecular weight excluding hydrogens is 403 g/mol. The van der Waals surface area contributed by atoms with Gasteiger partial charge < -0.3 is 14.8 Å². The van der Waals surface area contributed by atoms with Crippen LogP contribution in [0.2, 0.25) is 0 Å². The molecule has 1 aromatic heterocycles. The third-order valence-electron chi connectivity index (χ3n) is 5.05. The van der Waals surface area contributed by atoms with E-state index in [1.165, 1.54) is 17.7 Å². The first kappa shape index (κ1) is 22.5. The zero-order valence-corrected chi connectivity index (χ0v) is 17.8. The molecular formula is C24H26F3N3O. The predicted octanol–water partition coefficient (Wildman–Crippen LogP) is 6.31. The van der Waals surface area contributed by atoms with Crippen LogP contribution in [0.15, 0.2) is 66.9 Å². The van der Waals surface area contributed by atoms with Gasteiger partial charge in [0.1, 0.15) is 0 Å². The summed E-state index contributed by atoms with van der Waals surface area (Å²) in [6.45, 7) is 6.79. The number of nitrogens with zero attached hydrogens (tertiary/aromatic N) is 2. The molecule has 2 amide bonds. The van der Waals surface area contributed by atoms with Gasteiger partial charge in [-0.25, -0.2) is 4.79 Å². The second-order valence-corrected chi connectivity index (χ2v) is 7.84. The van der Waals surface area contributed by atoms with Crippen LogP contribution in [-0.2, 0) is 19.3 Å². The van der Waals surface area contributed by atoms with Gasteiger partial charge >= 0.3 is 12.2 Å². The van der Waals surface area contributed by atoms with Gasteiger partial charge in [-0.1, -0.05) is 35.9 Å². The molecule has 0 saturated heterocycles. The second kappa shape index (κ2) is 9.29. The fourth-order valence-corrected chi connectivity index (χ4v) is 3.27. The highest BCUT2D eigenvalue weighted by Crippen LogP contribution is 2.30. The van der Waals surface area contributed by atoms with Crippen LogP contribution in [0, 0.1) is 6.92 Å². The minimum absolute atomic E-state index is 0.112. The molecule has 0 spiro atoms. The third-order valence-corrected chi connectivity index (χ3v) is 5.05. The van der Waals surface area contributed by atoms with Crippen molar-refractivity contribution >= 4 is 11.7 Å². The number of urea groups is 1. The van der Waals surface area contributed by atoms with Gasteiger partial charge in [0.05, 0.1) is 12.1 Å². The van der Waals surface area contributed by atoms with E-state index in [9.17, 15) is 18.0 Å². The van der Waals surface area contributed by atoms with Crippen LogP contribution in [0.3, 0.4) is 0 Å². The Morgan fingerprint density at radius 1 is 1.06 bits per heavy atom. The number of aryl methyl sites for hydroxylation is 1. The van der Waals surface area contributed by atoms with Crippen molar-refractivity contribution in [3.05, 3.63) is 89.2 Å². The van der Waals surface area contributed by atoms with Crippen LogP contribution in [0.4, 0.5) is 23.7 Å². The van der Waals surface area contributed by atoms with Crippen molar-refractivity contribution in [1.29, 1.82) is 0 Å². The average Bonchev–Trinajstić information content (AvgIpc) is 3.14. The monoisotopic (exact) mass is 429 g/mol. The molecule has 0 atom stereocenters. The van der Waals surface area contributed by atoms with Gasteiger partial charge in [-0.05, 0) is 56.7 Å². The second-order valence-electron chi connectivity index (χ2n) is 7.84. The Labute approximate surface area is 180 Å². The van der Waals surface area contributed by atoms with Gasteiger partial charge in [-0.15, -0.1) is 0 Å². The summed E-state index contributed by atoms with van der Waals surface area (Å²) in [5.41, 5.74) is 2.59. The van der Waals surface area contributed by atoms with Gasteiger partial charge in [0.2, 0.25) is 0 Å². The van der Waals surface area contributed by atoms with Crippen LogP contribution in [-0.4, -0.2) is 21.5 Å². The van der Waals surface area contributed by atoms with Gasteiger partial charge in [0.25, 0.3) is 0 Å². The molecule has 1 heterocycles. The summed E-state index contributed by atoms with van der Waals surface area (Å²) >= 11 is 0. The van der Waals surface area contributed by atoms with Gasteiger partial charge in [-0.2, -0.15) is 13.2 Å². The number of rotatable bonds is 6. The van der Waals surface area contributed by atoms with Gasteiger partial charge in [0.15, 0.2) is 0 Å². The van der Waals surface area contributed by atoms with E-state index in [2.05, 4.69) is 34.1 Å². The minimum atomic E-state index is -4.46. The Kier molecular flexibility index (Phi) is 6.73. The fourth-order valence-electron chi connectivity index (χ4n) is 3.27. The number of nitrogens with one attached hydrogen (secondary N) is 1. The minimum Gasteiger partial charge on any atom is -0.345 e. The normalized spacial score (nSPS) is 11.6. The van der Waals surface area contributed by atoms with E-state index in [1.807, 2.05) is 39.1 Å². The smallest absolute Gasteiger partial charge is 0.345 e. The van der Waals surface area contributed by atoms with Crippen LogP contribution in [0.25, 0.3) is 0 Å². The van der Waals surface area contributed by atoms with E-state index < -0.39 is 17.8 Å². The molecule has 31 heavy (non-hydrogen) atoms. The molecule has 3 rings (SSSR count). The van der Waals surface area contributed by atoms with E-state index in [0.717, 1.165) is 23.4 Å².